The van der Waals surface area contributed by atoms with E-state index in [0.717, 1.165) is 4.90 Å². The first kappa shape index (κ1) is 14.3. The molecule has 1 atom stereocenters. The second-order valence-corrected chi connectivity index (χ2v) is 4.91. The summed E-state index contributed by atoms with van der Waals surface area (Å²) in [6.45, 7) is 5.24. The number of thiocarbonyl (C=S) groups is 1. The zero-order valence-electron chi connectivity index (χ0n) is 11.0. The molecule has 0 saturated carbocycles. The lowest BCUT2D eigenvalue weighted by atomic mass is 10.1. The van der Waals surface area contributed by atoms with Gasteiger partial charge >= 0.3 is 0 Å². The van der Waals surface area contributed by atoms with Gasteiger partial charge in [0.2, 0.25) is 5.91 Å². The van der Waals surface area contributed by atoms with E-state index in [-0.39, 0.29) is 23.2 Å². The average Bonchev–Trinajstić information content (AvgIpc) is 2.63. The molecule has 1 unspecified atom stereocenters. The topological polar surface area (TPSA) is 66.5 Å². The van der Waals surface area contributed by atoms with E-state index in [2.05, 4.69) is 11.9 Å². The Balaban J connectivity index is 2.38. The first-order valence-corrected chi connectivity index (χ1v) is 6.63. The number of nitrogens with one attached hydrogen (secondary N) is 1. The van der Waals surface area contributed by atoms with Crippen molar-refractivity contribution in [1.29, 1.82) is 0 Å². The largest absolute Gasteiger partial charge is 0.319 e. The van der Waals surface area contributed by atoms with Crippen LogP contribution in [0.1, 0.15) is 19.8 Å². The molecule has 2 aliphatic rings. The standard InChI is InChI=1S/C14H14N2O3S/c1-3-5-9-8(4-2)13(18)16(14(9)19)10-6-7-11(17)15-12(10)20/h3-5,10H,1,6-7H2,2H3,(H,15,17,20)/b8-4+,9-5+. The minimum Gasteiger partial charge on any atom is -0.319 e. The number of imide groups is 1. The van der Waals surface area contributed by atoms with E-state index < -0.39 is 11.9 Å². The molecule has 2 heterocycles. The number of hydrogen-bond donors (Lipinski definition) is 1. The number of likely N-dealkylation sites (tertiary alicyclic amines) is 1. The van der Waals surface area contributed by atoms with Crippen molar-refractivity contribution in [1.82, 2.24) is 10.2 Å². The molecule has 3 amide bonds. The Labute approximate surface area is 122 Å². The number of hydrogen-bond acceptors (Lipinski definition) is 4. The molecule has 0 spiro atoms. The van der Waals surface area contributed by atoms with Gasteiger partial charge in [-0.2, -0.15) is 0 Å². The molecule has 20 heavy (non-hydrogen) atoms. The molecule has 0 aromatic carbocycles. The first-order chi connectivity index (χ1) is 9.51. The molecule has 0 radical (unpaired) electrons. The molecule has 0 aliphatic carbocycles. The number of nitrogens with zero attached hydrogens (tertiary/aromatic N) is 1. The number of piperidine rings is 1. The Kier molecular flexibility index (Phi) is 3.94. The fourth-order valence-electron chi connectivity index (χ4n) is 2.35. The van der Waals surface area contributed by atoms with Crippen LogP contribution in [0.5, 0.6) is 0 Å². The van der Waals surface area contributed by atoms with Crippen LogP contribution in [0.15, 0.2) is 36.0 Å². The molecule has 2 saturated heterocycles. The van der Waals surface area contributed by atoms with Crippen LogP contribution in [0.3, 0.4) is 0 Å². The first-order valence-electron chi connectivity index (χ1n) is 6.22. The molecular weight excluding hydrogens is 276 g/mol. The molecule has 0 aromatic rings. The molecular formula is C14H14N2O3S. The number of carbonyl (C=O) groups excluding carboxylic acids is 3. The third kappa shape index (κ3) is 2.22. The van der Waals surface area contributed by atoms with E-state index in [4.69, 9.17) is 12.2 Å². The van der Waals surface area contributed by atoms with Gasteiger partial charge in [-0.3, -0.25) is 19.3 Å². The summed E-state index contributed by atoms with van der Waals surface area (Å²) in [6, 6.07) is -0.562. The molecule has 104 valence electrons. The van der Waals surface area contributed by atoms with Crippen LogP contribution < -0.4 is 5.32 Å². The molecule has 2 fully saturated rings. The number of rotatable bonds is 2. The van der Waals surface area contributed by atoms with Crippen molar-refractivity contribution >= 4 is 34.9 Å². The SMILES string of the molecule is C=C/C=C1/C(=O)N(C2CCC(=O)NC2=S)C(=O)/C1=C/C. The maximum atomic E-state index is 12.4. The maximum absolute atomic E-state index is 12.4. The molecule has 0 bridgehead atoms. The van der Waals surface area contributed by atoms with Crippen molar-refractivity contribution in [2.45, 2.75) is 25.8 Å². The van der Waals surface area contributed by atoms with Gasteiger partial charge in [0.25, 0.3) is 11.8 Å². The van der Waals surface area contributed by atoms with Crippen LogP contribution in [0.25, 0.3) is 0 Å². The van der Waals surface area contributed by atoms with Crippen LogP contribution in [0, 0.1) is 0 Å². The number of amides is 3. The summed E-state index contributed by atoms with van der Waals surface area (Å²) in [4.78, 5) is 37.3. The molecule has 1 N–H and O–H groups in total. The maximum Gasteiger partial charge on any atom is 0.262 e. The highest BCUT2D eigenvalue weighted by Crippen LogP contribution is 2.29. The molecule has 0 aromatic heterocycles. The van der Waals surface area contributed by atoms with E-state index in [1.54, 1.807) is 13.0 Å². The summed E-state index contributed by atoms with van der Waals surface area (Å²) < 4.78 is 0. The highest BCUT2D eigenvalue weighted by Gasteiger charge is 2.44. The average molecular weight is 290 g/mol. The quantitative estimate of drug-likeness (QED) is 0.468. The normalized spacial score (nSPS) is 27.4. The summed E-state index contributed by atoms with van der Waals surface area (Å²) in [7, 11) is 0. The Hall–Kier alpha value is -2.08. The van der Waals surface area contributed by atoms with Gasteiger partial charge in [-0.1, -0.05) is 30.9 Å². The third-order valence-corrected chi connectivity index (χ3v) is 3.66. The summed E-state index contributed by atoms with van der Waals surface area (Å²) in [5.74, 6) is -0.959. The van der Waals surface area contributed by atoms with E-state index in [9.17, 15) is 14.4 Å². The number of carbonyl (C=O) groups is 3. The minimum absolute atomic E-state index is 0.182. The van der Waals surface area contributed by atoms with Crippen LogP contribution in [0.2, 0.25) is 0 Å². The molecule has 6 heteroatoms. The minimum atomic E-state index is -0.562. The lowest BCUT2D eigenvalue weighted by Crippen LogP contribution is -2.53. The summed E-state index contributed by atoms with van der Waals surface area (Å²) in [5, 5.41) is 2.51. The Bertz CT molecular complexity index is 589. The van der Waals surface area contributed by atoms with Gasteiger partial charge in [-0.05, 0) is 19.4 Å². The van der Waals surface area contributed by atoms with E-state index in [1.165, 1.54) is 12.2 Å². The van der Waals surface area contributed by atoms with Gasteiger partial charge in [0.05, 0.1) is 11.6 Å². The van der Waals surface area contributed by atoms with Crippen molar-refractivity contribution in [3.8, 4) is 0 Å². The van der Waals surface area contributed by atoms with E-state index in [1.807, 2.05) is 0 Å². The highest BCUT2D eigenvalue weighted by molar-refractivity contribution is 7.80. The monoisotopic (exact) mass is 290 g/mol. The summed E-state index contributed by atoms with van der Waals surface area (Å²) >= 11 is 5.09. The highest BCUT2D eigenvalue weighted by atomic mass is 32.1. The molecule has 2 rings (SSSR count). The lowest BCUT2D eigenvalue weighted by molar-refractivity contribution is -0.139. The van der Waals surface area contributed by atoms with Gasteiger partial charge in [-0.15, -0.1) is 0 Å². The second-order valence-electron chi connectivity index (χ2n) is 4.47. The van der Waals surface area contributed by atoms with E-state index in [0.29, 0.717) is 17.6 Å². The van der Waals surface area contributed by atoms with Crippen LogP contribution >= 0.6 is 12.2 Å². The van der Waals surface area contributed by atoms with Gasteiger partial charge in [0, 0.05) is 12.0 Å². The predicted octanol–water partition coefficient (Wildman–Crippen LogP) is 1.02. The zero-order chi connectivity index (χ0) is 14.9. The van der Waals surface area contributed by atoms with Crippen LogP contribution in [-0.2, 0) is 14.4 Å². The lowest BCUT2D eigenvalue weighted by Gasteiger charge is -2.29. The molecule has 2 aliphatic heterocycles. The van der Waals surface area contributed by atoms with Gasteiger partial charge in [0.15, 0.2) is 0 Å². The van der Waals surface area contributed by atoms with Crippen molar-refractivity contribution < 1.29 is 14.4 Å². The van der Waals surface area contributed by atoms with Crippen LogP contribution in [-0.4, -0.2) is 33.7 Å². The Morgan fingerprint density at radius 1 is 1.30 bits per heavy atom. The summed E-state index contributed by atoms with van der Waals surface area (Å²) in [6.07, 6.45) is 5.18. The fourth-order valence-corrected chi connectivity index (χ4v) is 2.69. The second kappa shape index (κ2) is 5.50. The van der Waals surface area contributed by atoms with E-state index >= 15 is 0 Å². The fraction of sp³-hybridized carbons (Fsp3) is 0.286. The van der Waals surface area contributed by atoms with Crippen LogP contribution in [0.4, 0.5) is 0 Å². The zero-order valence-corrected chi connectivity index (χ0v) is 11.8. The third-order valence-electron chi connectivity index (χ3n) is 3.28. The number of allylic oxidation sites excluding steroid dienone is 3. The smallest absolute Gasteiger partial charge is 0.262 e. The van der Waals surface area contributed by atoms with Gasteiger partial charge in [-0.25, -0.2) is 0 Å². The van der Waals surface area contributed by atoms with Gasteiger partial charge in [0.1, 0.15) is 4.99 Å². The Morgan fingerprint density at radius 2 is 1.95 bits per heavy atom. The Morgan fingerprint density at radius 3 is 2.50 bits per heavy atom. The summed E-state index contributed by atoms with van der Waals surface area (Å²) in [5.41, 5.74) is 0.654. The van der Waals surface area contributed by atoms with Crippen molar-refractivity contribution in [3.63, 3.8) is 0 Å². The van der Waals surface area contributed by atoms with Crippen molar-refractivity contribution in [2.75, 3.05) is 0 Å². The predicted molar refractivity (Wildman–Crippen MR) is 77.7 cm³/mol. The van der Waals surface area contributed by atoms with Crippen molar-refractivity contribution in [2.24, 2.45) is 0 Å². The molecule has 5 nitrogen and oxygen atoms in total. The van der Waals surface area contributed by atoms with Crippen molar-refractivity contribution in [3.05, 3.63) is 36.0 Å². The van der Waals surface area contributed by atoms with Gasteiger partial charge < -0.3 is 5.32 Å².